The highest BCUT2D eigenvalue weighted by Gasteiger charge is 2.20. The molecule has 1 atom stereocenters. The molecule has 9 nitrogen and oxygen atoms in total. The van der Waals surface area contributed by atoms with Crippen molar-refractivity contribution in [3.8, 4) is 0 Å². The highest BCUT2D eigenvalue weighted by atomic mass is 16.6. The number of hydrogen-bond donors (Lipinski definition) is 2. The first kappa shape index (κ1) is 53.8. The lowest BCUT2D eigenvalue weighted by atomic mass is 10.1. The van der Waals surface area contributed by atoms with Crippen molar-refractivity contribution in [2.45, 2.75) is 213 Å². The lowest BCUT2D eigenvalue weighted by molar-refractivity contribution is -0.167. The zero-order valence-electron chi connectivity index (χ0n) is 36.3. The van der Waals surface area contributed by atoms with E-state index in [0.717, 1.165) is 70.6 Å². The number of carbonyl (C=O) groups excluding carboxylic acids is 3. The summed E-state index contributed by atoms with van der Waals surface area (Å²) in [6, 6.07) is 0. The molecule has 0 bridgehead atoms. The zero-order chi connectivity index (χ0) is 41.0. The maximum absolute atomic E-state index is 12.7. The molecule has 0 aromatic heterocycles. The van der Waals surface area contributed by atoms with Crippen molar-refractivity contribution in [2.24, 2.45) is 0 Å². The molecule has 0 rings (SSSR count). The second-order valence-electron chi connectivity index (χ2n) is 15.5. The molecule has 0 amide bonds. The van der Waals surface area contributed by atoms with Crippen LogP contribution in [0.25, 0.3) is 0 Å². The van der Waals surface area contributed by atoms with E-state index in [1.807, 2.05) is 4.90 Å². The number of unbranched alkanes of at least 4 members (excludes halogenated alkanes) is 22. The van der Waals surface area contributed by atoms with E-state index in [1.165, 1.54) is 96.3 Å². The molecule has 0 aliphatic carbocycles. The van der Waals surface area contributed by atoms with E-state index in [1.54, 1.807) is 0 Å². The van der Waals surface area contributed by atoms with Gasteiger partial charge in [0.1, 0.15) is 13.2 Å². The molecule has 0 spiro atoms. The van der Waals surface area contributed by atoms with Crippen LogP contribution in [0.2, 0.25) is 0 Å². The van der Waals surface area contributed by atoms with Crippen molar-refractivity contribution >= 4 is 17.9 Å². The third-order valence-corrected chi connectivity index (χ3v) is 10.1. The second kappa shape index (κ2) is 43.9. The first-order valence-electron chi connectivity index (χ1n) is 23.2. The molecule has 56 heavy (non-hydrogen) atoms. The number of hydrogen-bond acceptors (Lipinski definition) is 9. The van der Waals surface area contributed by atoms with Crippen LogP contribution in [0.4, 0.5) is 0 Å². The molecule has 9 heteroatoms. The Balaban J connectivity index is 4.41. The van der Waals surface area contributed by atoms with Crippen molar-refractivity contribution in [1.82, 2.24) is 4.90 Å². The minimum atomic E-state index is -0.854. The van der Waals surface area contributed by atoms with Crippen molar-refractivity contribution in [3.63, 3.8) is 0 Å². The Bertz CT molecular complexity index is 933. The minimum absolute atomic E-state index is 0.0233. The van der Waals surface area contributed by atoms with Crippen LogP contribution < -0.4 is 0 Å². The van der Waals surface area contributed by atoms with Gasteiger partial charge in [0.25, 0.3) is 0 Å². The number of ether oxygens (including phenoxy) is 3. The number of allylic oxidation sites excluding steroid dienone is 4. The molecule has 328 valence electrons. The normalized spacial score (nSPS) is 12.2. The van der Waals surface area contributed by atoms with Gasteiger partial charge in [-0.2, -0.15) is 0 Å². The Morgan fingerprint density at radius 2 is 0.786 bits per heavy atom. The van der Waals surface area contributed by atoms with Crippen molar-refractivity contribution in [2.75, 3.05) is 46.1 Å². The molecule has 0 aliphatic rings. The molecule has 0 fully saturated rings. The van der Waals surface area contributed by atoms with Gasteiger partial charge in [0.05, 0.1) is 13.2 Å². The summed E-state index contributed by atoms with van der Waals surface area (Å²) in [6.07, 6.45) is 40.4. The van der Waals surface area contributed by atoms with Gasteiger partial charge >= 0.3 is 17.9 Å². The van der Waals surface area contributed by atoms with Gasteiger partial charge in [-0.15, -0.1) is 0 Å². The summed E-state index contributed by atoms with van der Waals surface area (Å²) in [5, 5.41) is 18.4. The number of rotatable bonds is 43. The average molecular weight is 794 g/mol. The van der Waals surface area contributed by atoms with Gasteiger partial charge < -0.3 is 24.4 Å². The number of esters is 3. The summed E-state index contributed by atoms with van der Waals surface area (Å²) in [5.41, 5.74) is 0. The van der Waals surface area contributed by atoms with E-state index in [9.17, 15) is 24.6 Å². The molecule has 0 aliphatic heterocycles. The molecule has 0 saturated carbocycles. The van der Waals surface area contributed by atoms with Crippen LogP contribution >= 0.6 is 0 Å². The number of carbonyl (C=O) groups is 3. The van der Waals surface area contributed by atoms with E-state index < -0.39 is 12.1 Å². The Labute approximate surface area is 343 Å². The molecule has 0 heterocycles. The fourth-order valence-electron chi connectivity index (χ4n) is 6.62. The zero-order valence-corrected chi connectivity index (χ0v) is 36.3. The van der Waals surface area contributed by atoms with Crippen LogP contribution in [0, 0.1) is 0 Å². The van der Waals surface area contributed by atoms with E-state index in [4.69, 9.17) is 14.2 Å². The van der Waals surface area contributed by atoms with Crippen molar-refractivity contribution < 1.29 is 38.8 Å². The van der Waals surface area contributed by atoms with Crippen LogP contribution in [0.3, 0.4) is 0 Å². The predicted octanol–water partition coefficient (Wildman–Crippen LogP) is 11.1. The van der Waals surface area contributed by atoms with Gasteiger partial charge in [0.2, 0.25) is 0 Å². The van der Waals surface area contributed by atoms with Crippen LogP contribution in [0.1, 0.15) is 206 Å². The second-order valence-corrected chi connectivity index (χ2v) is 15.5. The van der Waals surface area contributed by atoms with Crippen LogP contribution in [0.15, 0.2) is 24.3 Å². The van der Waals surface area contributed by atoms with Gasteiger partial charge in [-0.25, -0.2) is 0 Å². The predicted molar refractivity (Wildman–Crippen MR) is 231 cm³/mol. The Morgan fingerprint density at radius 1 is 0.446 bits per heavy atom. The average Bonchev–Trinajstić information content (AvgIpc) is 3.19. The van der Waals surface area contributed by atoms with E-state index in [-0.39, 0.29) is 51.2 Å². The maximum Gasteiger partial charge on any atom is 0.306 e. The smallest absolute Gasteiger partial charge is 0.306 e. The number of aliphatic hydroxyl groups is 2. The molecular weight excluding hydrogens is 707 g/mol. The molecule has 0 radical (unpaired) electrons. The summed E-state index contributed by atoms with van der Waals surface area (Å²) < 4.78 is 16.5. The lowest BCUT2D eigenvalue weighted by Crippen LogP contribution is -2.32. The van der Waals surface area contributed by atoms with E-state index in [2.05, 4.69) is 38.2 Å². The van der Waals surface area contributed by atoms with Crippen molar-refractivity contribution in [1.29, 1.82) is 0 Å². The van der Waals surface area contributed by atoms with Crippen LogP contribution in [-0.2, 0) is 28.6 Å². The fourth-order valence-corrected chi connectivity index (χ4v) is 6.62. The van der Waals surface area contributed by atoms with Gasteiger partial charge in [0, 0.05) is 32.4 Å². The number of nitrogens with zero attached hydrogens (tertiary/aromatic N) is 1. The minimum Gasteiger partial charge on any atom is -0.462 e. The Hall–Kier alpha value is -2.23. The Morgan fingerprint density at radius 3 is 1.18 bits per heavy atom. The van der Waals surface area contributed by atoms with Crippen LogP contribution in [-0.4, -0.2) is 85.2 Å². The summed E-state index contributed by atoms with van der Waals surface area (Å²) in [5.74, 6) is -1.14. The Kier molecular flexibility index (Phi) is 42.1. The summed E-state index contributed by atoms with van der Waals surface area (Å²) >= 11 is 0. The monoisotopic (exact) mass is 794 g/mol. The molecule has 0 aromatic carbocycles. The largest absolute Gasteiger partial charge is 0.462 e. The SMILES string of the molecule is CCCCCCCC/C=C\CCCCCCCC(=O)OCC(COC(=O)CCCN(CCO)CCO)OC(=O)CCCCCCC/C=C\CCCCCCCC. The van der Waals surface area contributed by atoms with E-state index in [0.29, 0.717) is 32.5 Å². The summed E-state index contributed by atoms with van der Waals surface area (Å²) in [6.45, 7) is 5.53. The summed E-state index contributed by atoms with van der Waals surface area (Å²) in [7, 11) is 0. The highest BCUT2D eigenvalue weighted by molar-refractivity contribution is 5.71. The highest BCUT2D eigenvalue weighted by Crippen LogP contribution is 2.13. The first-order valence-corrected chi connectivity index (χ1v) is 23.2. The molecule has 0 aromatic rings. The quantitative estimate of drug-likeness (QED) is 0.0269. The van der Waals surface area contributed by atoms with Gasteiger partial charge in [-0.1, -0.05) is 141 Å². The van der Waals surface area contributed by atoms with Gasteiger partial charge in [0.15, 0.2) is 6.10 Å². The maximum atomic E-state index is 12.7. The fraction of sp³-hybridized carbons (Fsp3) is 0.851. The molecule has 2 N–H and O–H groups in total. The van der Waals surface area contributed by atoms with Crippen molar-refractivity contribution in [3.05, 3.63) is 24.3 Å². The van der Waals surface area contributed by atoms with Crippen LogP contribution in [0.5, 0.6) is 0 Å². The standard InChI is InChI=1S/C47H87NO8/c1-3-5-7-9-11-13-15-17-19-21-23-25-27-29-31-34-45(51)54-42-44(43-55-46(52)36-33-37-48(38-40-49)39-41-50)56-47(53)35-32-30-28-26-24-22-20-18-16-14-12-10-8-6-4-2/h17-20,44,49-50H,3-16,21-43H2,1-2H3/b19-17-,20-18-. The molecular formula is C47H87NO8. The van der Waals surface area contributed by atoms with E-state index >= 15 is 0 Å². The third kappa shape index (κ3) is 40.0. The first-order chi connectivity index (χ1) is 27.5. The molecule has 0 saturated heterocycles. The van der Waals surface area contributed by atoms with Gasteiger partial charge in [-0.3, -0.25) is 19.3 Å². The third-order valence-electron chi connectivity index (χ3n) is 10.1. The lowest BCUT2D eigenvalue weighted by Gasteiger charge is -2.20. The van der Waals surface area contributed by atoms with Gasteiger partial charge in [-0.05, 0) is 77.2 Å². The topological polar surface area (TPSA) is 123 Å². The molecule has 1 unspecified atom stereocenters. The summed E-state index contributed by atoms with van der Waals surface area (Å²) in [4.78, 5) is 39.6. The number of aliphatic hydroxyl groups excluding tert-OH is 2.